The molecule has 2 aliphatic rings. The fourth-order valence-corrected chi connectivity index (χ4v) is 5.08. The van der Waals surface area contributed by atoms with E-state index in [2.05, 4.69) is 5.16 Å². The van der Waals surface area contributed by atoms with E-state index in [9.17, 15) is 19.5 Å². The molecule has 0 spiro atoms. The van der Waals surface area contributed by atoms with Gasteiger partial charge < -0.3 is 19.2 Å². The van der Waals surface area contributed by atoms with Gasteiger partial charge in [-0.25, -0.2) is 14.6 Å². The fourth-order valence-electron chi connectivity index (χ4n) is 5.08. The number of rotatable bonds is 5. The van der Waals surface area contributed by atoms with Crippen LogP contribution in [0.4, 0.5) is 0 Å². The summed E-state index contributed by atoms with van der Waals surface area (Å²) in [5, 5.41) is 15.8. The smallest absolute Gasteiger partial charge is 0.365 e. The lowest BCUT2D eigenvalue weighted by Crippen LogP contribution is -2.44. The van der Waals surface area contributed by atoms with Crippen molar-refractivity contribution < 1.29 is 24.3 Å². The third-order valence-electron chi connectivity index (χ3n) is 7.15. The summed E-state index contributed by atoms with van der Waals surface area (Å²) in [6.45, 7) is 1.84. The number of hydrogen-bond donors (Lipinski definition) is 1. The molecule has 0 unspecified atom stereocenters. The average Bonchev–Trinajstić information content (AvgIpc) is 3.30. The van der Waals surface area contributed by atoms with Crippen LogP contribution in [0, 0.1) is 0 Å². The van der Waals surface area contributed by atoms with Crippen molar-refractivity contribution in [2.24, 2.45) is 5.16 Å². The second-order valence-electron chi connectivity index (χ2n) is 9.32. The number of fused-ring (bicyclic) bond motifs is 5. The number of aromatic nitrogens is 2. The molecule has 0 bridgehead atoms. The van der Waals surface area contributed by atoms with Crippen LogP contribution in [0.3, 0.4) is 0 Å². The molecule has 0 aliphatic carbocycles. The van der Waals surface area contributed by atoms with Crippen LogP contribution >= 0.6 is 0 Å². The summed E-state index contributed by atoms with van der Waals surface area (Å²) in [5.74, 6) is -1.30. The molecule has 9 nitrogen and oxygen atoms in total. The van der Waals surface area contributed by atoms with E-state index in [4.69, 9.17) is 14.6 Å². The molecule has 1 atom stereocenters. The molecular formula is C29H23N3O6. The van der Waals surface area contributed by atoms with Crippen molar-refractivity contribution in [1.82, 2.24) is 9.55 Å². The molecule has 0 amide bonds. The summed E-state index contributed by atoms with van der Waals surface area (Å²) in [7, 11) is 0. The van der Waals surface area contributed by atoms with Gasteiger partial charge in [0.1, 0.15) is 6.61 Å². The molecule has 9 heteroatoms. The van der Waals surface area contributed by atoms with Gasteiger partial charge in [-0.15, -0.1) is 0 Å². The number of aliphatic hydroxyl groups is 1. The van der Waals surface area contributed by atoms with Gasteiger partial charge in [0.15, 0.2) is 5.60 Å². The number of hydrogen-bond acceptors (Lipinski definition) is 8. The topological polar surface area (TPSA) is 120 Å². The largest absolute Gasteiger partial charge is 0.458 e. The molecule has 190 valence electrons. The lowest BCUT2D eigenvalue weighted by molar-refractivity contribution is -0.172. The van der Waals surface area contributed by atoms with Crippen LogP contribution in [-0.2, 0) is 39.5 Å². The molecule has 6 rings (SSSR count). The van der Waals surface area contributed by atoms with Crippen molar-refractivity contribution in [3.63, 3.8) is 0 Å². The molecule has 0 radical (unpaired) electrons. The van der Waals surface area contributed by atoms with Gasteiger partial charge in [-0.2, -0.15) is 0 Å². The molecule has 2 aromatic carbocycles. The molecule has 38 heavy (non-hydrogen) atoms. The van der Waals surface area contributed by atoms with E-state index in [0.29, 0.717) is 29.9 Å². The number of para-hydroxylation sites is 1. The van der Waals surface area contributed by atoms with Crippen LogP contribution in [-0.4, -0.2) is 32.8 Å². The number of cyclic esters (lactones) is 1. The zero-order chi connectivity index (χ0) is 26.4. The minimum Gasteiger partial charge on any atom is -0.458 e. The van der Waals surface area contributed by atoms with Gasteiger partial charge in [-0.3, -0.25) is 4.79 Å². The number of benzene rings is 2. The third kappa shape index (κ3) is 3.71. The van der Waals surface area contributed by atoms with Crippen molar-refractivity contribution in [3.8, 4) is 11.4 Å². The maximum absolute atomic E-state index is 13.4. The van der Waals surface area contributed by atoms with Crippen molar-refractivity contribution in [2.45, 2.75) is 38.5 Å². The molecule has 2 aliphatic heterocycles. The van der Waals surface area contributed by atoms with Crippen LogP contribution in [0.1, 0.15) is 46.0 Å². The van der Waals surface area contributed by atoms with Crippen LogP contribution in [0.5, 0.6) is 0 Å². The first-order valence-electron chi connectivity index (χ1n) is 12.3. The number of pyridine rings is 2. The van der Waals surface area contributed by atoms with Crippen molar-refractivity contribution in [3.05, 3.63) is 98.8 Å². The van der Waals surface area contributed by atoms with Gasteiger partial charge in [-0.05, 0) is 36.2 Å². The van der Waals surface area contributed by atoms with Crippen molar-refractivity contribution in [1.29, 1.82) is 0 Å². The van der Waals surface area contributed by atoms with Crippen molar-refractivity contribution in [2.75, 3.05) is 0 Å². The van der Waals surface area contributed by atoms with E-state index < -0.39 is 17.5 Å². The van der Waals surface area contributed by atoms with Crippen molar-refractivity contribution >= 4 is 29.1 Å². The maximum Gasteiger partial charge on any atom is 0.365 e. The van der Waals surface area contributed by atoms with Crippen LogP contribution in [0.15, 0.2) is 70.6 Å². The van der Waals surface area contributed by atoms with Gasteiger partial charge in [0, 0.05) is 29.1 Å². The third-order valence-corrected chi connectivity index (χ3v) is 7.15. The fraction of sp³-hybridized carbons (Fsp3) is 0.207. The zero-order valence-corrected chi connectivity index (χ0v) is 20.5. The van der Waals surface area contributed by atoms with E-state index in [-0.39, 0.29) is 29.7 Å². The molecule has 2 aromatic heterocycles. The first-order chi connectivity index (χ1) is 18.4. The van der Waals surface area contributed by atoms with Crippen LogP contribution < -0.4 is 5.56 Å². The maximum atomic E-state index is 13.4. The Bertz CT molecular complexity index is 1710. The highest BCUT2D eigenvalue weighted by molar-refractivity contribution is 5.90. The summed E-state index contributed by atoms with van der Waals surface area (Å²) in [5.41, 5.74) is 2.42. The highest BCUT2D eigenvalue weighted by Crippen LogP contribution is 2.38. The molecule has 4 aromatic rings. The molecule has 0 saturated heterocycles. The van der Waals surface area contributed by atoms with Gasteiger partial charge in [0.25, 0.3) is 5.56 Å². The Morgan fingerprint density at radius 2 is 2.00 bits per heavy atom. The highest BCUT2D eigenvalue weighted by atomic mass is 16.7. The Labute approximate surface area is 217 Å². The Morgan fingerprint density at radius 3 is 2.79 bits per heavy atom. The van der Waals surface area contributed by atoms with E-state index in [0.717, 1.165) is 22.0 Å². The number of carbonyl (C=O) groups excluding carboxylic acids is 2. The summed E-state index contributed by atoms with van der Waals surface area (Å²) in [6.07, 6.45) is 1.95. The summed E-state index contributed by atoms with van der Waals surface area (Å²) >= 11 is 0. The Kier molecular flexibility index (Phi) is 5.65. The number of carbonyl (C=O) groups is 2. The number of esters is 1. The second-order valence-corrected chi connectivity index (χ2v) is 9.32. The summed E-state index contributed by atoms with van der Waals surface area (Å²) in [6, 6.07) is 18.1. The predicted octanol–water partition coefficient (Wildman–Crippen LogP) is 3.46. The molecular weight excluding hydrogens is 486 g/mol. The minimum absolute atomic E-state index is 0.0814. The van der Waals surface area contributed by atoms with Crippen LogP contribution in [0.2, 0.25) is 0 Å². The van der Waals surface area contributed by atoms with E-state index in [1.165, 1.54) is 6.21 Å². The van der Waals surface area contributed by atoms with Gasteiger partial charge in [0.2, 0.25) is 0 Å². The first-order valence-corrected chi connectivity index (χ1v) is 12.3. The molecule has 0 saturated carbocycles. The monoisotopic (exact) mass is 509 g/mol. The predicted molar refractivity (Wildman–Crippen MR) is 139 cm³/mol. The standard InChI is InChI=1S/C29H23N3O6/c1-2-29(36)22-14-23-25-20(15-32(23)26(33)21(22)16-37-28(29)35)13-19-10-6-9-17(24(19)31-25)11-12-30-38-27(34)18-7-4-3-5-8-18/h3-10,12-14,36H,2,11,15-16H2,1H3/b30-12+/t29-/m0/s1. The Morgan fingerprint density at radius 1 is 1.18 bits per heavy atom. The van der Waals surface area contributed by atoms with E-state index in [1.54, 1.807) is 41.8 Å². The summed E-state index contributed by atoms with van der Waals surface area (Å²) < 4.78 is 6.74. The highest BCUT2D eigenvalue weighted by Gasteiger charge is 2.45. The number of ether oxygens (including phenoxy) is 1. The first kappa shape index (κ1) is 23.7. The lowest BCUT2D eigenvalue weighted by atomic mass is 9.86. The van der Waals surface area contributed by atoms with E-state index in [1.807, 2.05) is 30.3 Å². The Balaban J connectivity index is 1.35. The van der Waals surface area contributed by atoms with Crippen LogP contribution in [0.25, 0.3) is 22.3 Å². The number of oxime groups is 1. The minimum atomic E-state index is -1.87. The number of nitrogens with zero attached hydrogens (tertiary/aromatic N) is 3. The molecule has 1 N–H and O–H groups in total. The van der Waals surface area contributed by atoms with E-state index >= 15 is 0 Å². The average molecular weight is 510 g/mol. The lowest BCUT2D eigenvalue weighted by Gasteiger charge is -2.31. The SMILES string of the molecule is CC[C@@]1(O)C(=O)OCc2c1cc1n(c2=O)Cc2cc3cccc(C/C=N/OC(=O)c4ccccc4)c3nc2-1. The van der Waals surface area contributed by atoms with Gasteiger partial charge >= 0.3 is 11.9 Å². The quantitative estimate of drug-likeness (QED) is 0.167. The summed E-state index contributed by atoms with van der Waals surface area (Å²) in [4.78, 5) is 47.8. The molecule has 4 heterocycles. The van der Waals surface area contributed by atoms with Gasteiger partial charge in [-0.1, -0.05) is 48.5 Å². The normalized spacial score (nSPS) is 17.7. The molecule has 0 fully saturated rings. The zero-order valence-electron chi connectivity index (χ0n) is 20.5. The van der Waals surface area contributed by atoms with Gasteiger partial charge in [0.05, 0.1) is 34.6 Å². The Hall–Kier alpha value is -4.63. The second kappa shape index (κ2) is 9.04.